The number of quaternary nitrogens is 1. The second-order valence-corrected chi connectivity index (χ2v) is 7.37. The number of nitrogens with zero attached hydrogens (tertiary/aromatic N) is 4. The number of hydrogen-bond acceptors (Lipinski definition) is 5. The fourth-order valence-corrected chi connectivity index (χ4v) is 3.73. The number of amidine groups is 2. The molecule has 2 aliphatic rings. The second-order valence-electron chi connectivity index (χ2n) is 7.37. The molecule has 0 bridgehead atoms. The van der Waals surface area contributed by atoms with Gasteiger partial charge < -0.3 is 22.3 Å². The summed E-state index contributed by atoms with van der Waals surface area (Å²) in [5.41, 5.74) is 19.8. The van der Waals surface area contributed by atoms with Crippen molar-refractivity contribution in [1.82, 2.24) is 0 Å². The van der Waals surface area contributed by atoms with E-state index in [1.54, 1.807) is 0 Å². The van der Waals surface area contributed by atoms with Crippen molar-refractivity contribution < 1.29 is 9.59 Å². The first-order valence-corrected chi connectivity index (χ1v) is 10.1. The van der Waals surface area contributed by atoms with Gasteiger partial charge in [0.15, 0.2) is 6.54 Å². The number of nitrogens with two attached hydrogens (primary N) is 3. The van der Waals surface area contributed by atoms with Gasteiger partial charge in [-0.1, -0.05) is 18.9 Å². The van der Waals surface area contributed by atoms with E-state index in [4.69, 9.17) is 23.6 Å². The molecule has 29 heavy (non-hydrogen) atoms. The lowest BCUT2D eigenvalue weighted by Gasteiger charge is -2.42. The van der Waals surface area contributed by atoms with Gasteiger partial charge in [0.05, 0.1) is 19.5 Å². The van der Waals surface area contributed by atoms with Crippen molar-refractivity contribution in [1.29, 1.82) is 0 Å². The molecule has 2 aliphatic heterocycles. The summed E-state index contributed by atoms with van der Waals surface area (Å²) in [5, 5.41) is 10.7. The smallest absolute Gasteiger partial charge is 0.256 e. The van der Waals surface area contributed by atoms with Gasteiger partial charge in [-0.15, -0.1) is 6.42 Å². The molecule has 0 aromatic rings. The van der Waals surface area contributed by atoms with Gasteiger partial charge in [-0.05, 0) is 32.6 Å². The molecule has 0 aromatic carbocycles. The molecule has 0 saturated carbocycles. The summed E-state index contributed by atoms with van der Waals surface area (Å²) in [6.07, 6.45) is 12.9. The molecule has 1 unspecified atom stereocenters. The van der Waals surface area contributed by atoms with Crippen molar-refractivity contribution in [2.45, 2.75) is 52.2 Å². The van der Waals surface area contributed by atoms with E-state index in [1.165, 1.54) is 0 Å². The molecular weight excluding hydrogens is 366 g/mol. The Morgan fingerprint density at radius 2 is 1.93 bits per heavy atom. The molecule has 8 heteroatoms. The van der Waals surface area contributed by atoms with Crippen molar-refractivity contribution >= 4 is 17.6 Å². The topological polar surface area (TPSA) is 135 Å². The lowest BCUT2D eigenvalue weighted by molar-refractivity contribution is -0.969. The van der Waals surface area contributed by atoms with Crippen molar-refractivity contribution in [2.75, 3.05) is 19.6 Å². The van der Waals surface area contributed by atoms with Crippen LogP contribution in [0, 0.1) is 18.3 Å². The van der Waals surface area contributed by atoms with Crippen LogP contribution in [0.3, 0.4) is 0 Å². The van der Waals surface area contributed by atoms with Crippen LogP contribution in [0.25, 0.3) is 0 Å². The zero-order valence-corrected chi connectivity index (χ0v) is 17.4. The molecule has 1 fully saturated rings. The Morgan fingerprint density at radius 1 is 1.31 bits per heavy atom. The third-order valence-corrected chi connectivity index (χ3v) is 5.50. The van der Waals surface area contributed by atoms with Gasteiger partial charge >= 0.3 is 0 Å². The predicted octanol–water partition coefficient (Wildman–Crippen LogP) is 1.14. The monoisotopic (exact) mass is 399 g/mol. The molecular formula is C21H33N7O+2. The number of likely N-dealkylation sites (tertiary alicyclic amines) is 1. The van der Waals surface area contributed by atoms with E-state index in [-0.39, 0.29) is 17.6 Å². The highest BCUT2D eigenvalue weighted by Gasteiger charge is 2.40. The van der Waals surface area contributed by atoms with Crippen LogP contribution in [-0.2, 0) is 0 Å². The SMILES string of the molecule is C#CCC(O)[N+]1(CC=C(N)[C+]2C(N)=NC(=NC(=CC)CC)N=C2N)CCCCC1. The minimum Gasteiger partial charge on any atom is -0.366 e. The lowest BCUT2D eigenvalue weighted by atomic mass is 10.0. The molecule has 1 atom stereocenters. The molecule has 0 aromatic heterocycles. The first-order chi connectivity index (χ1) is 13.9. The Morgan fingerprint density at radius 3 is 2.45 bits per heavy atom. The molecule has 0 radical (unpaired) electrons. The van der Waals surface area contributed by atoms with Gasteiger partial charge in [0.1, 0.15) is 6.08 Å². The van der Waals surface area contributed by atoms with Crippen LogP contribution < -0.4 is 17.2 Å². The molecule has 2 heterocycles. The highest BCUT2D eigenvalue weighted by atomic mass is 16.3. The van der Waals surface area contributed by atoms with Gasteiger partial charge in [0.2, 0.25) is 29.5 Å². The van der Waals surface area contributed by atoms with Crippen LogP contribution in [0.4, 0.5) is 0 Å². The van der Waals surface area contributed by atoms with Crippen LogP contribution in [0.15, 0.2) is 38.5 Å². The van der Waals surface area contributed by atoms with Gasteiger partial charge in [-0.2, -0.15) is 9.98 Å². The fraction of sp³-hybridized carbons (Fsp3) is 0.524. The van der Waals surface area contributed by atoms with Crippen LogP contribution in [0.1, 0.15) is 46.0 Å². The van der Waals surface area contributed by atoms with Crippen molar-refractivity contribution in [2.24, 2.45) is 32.2 Å². The summed E-state index contributed by atoms with van der Waals surface area (Å²) in [6, 6.07) is 0. The van der Waals surface area contributed by atoms with Gasteiger partial charge in [-0.3, -0.25) is 4.48 Å². The first-order valence-electron chi connectivity index (χ1n) is 10.1. The predicted molar refractivity (Wildman–Crippen MR) is 118 cm³/mol. The highest BCUT2D eigenvalue weighted by Crippen LogP contribution is 2.25. The number of aliphatic hydroxyl groups is 1. The van der Waals surface area contributed by atoms with E-state index < -0.39 is 6.23 Å². The van der Waals surface area contributed by atoms with Gasteiger partial charge in [0, 0.05) is 5.70 Å². The summed E-state index contributed by atoms with van der Waals surface area (Å²) in [6.45, 7) is 6.15. The number of aliphatic imine (C=N–C) groups is 3. The van der Waals surface area contributed by atoms with E-state index in [9.17, 15) is 5.11 Å². The van der Waals surface area contributed by atoms with Crippen molar-refractivity contribution in [3.8, 4) is 12.3 Å². The standard InChI is InChI=1S/C21H33N7O/c1-4-10-17(29)28(12-8-7-9-13-28)14-11-16(22)18-19(23)26-21(27-20(18)24)25-15(5-2)6-3/h1,5,11,17,29H,6-10,12-14,22H2,2-3H3,(H4,23,24,25,26,27)/q+2. The minimum absolute atomic E-state index is 0.186. The maximum absolute atomic E-state index is 10.7. The van der Waals surface area contributed by atoms with Gasteiger partial charge in [-0.25, -0.2) is 4.99 Å². The third kappa shape index (κ3) is 5.40. The highest BCUT2D eigenvalue weighted by molar-refractivity contribution is 6.28. The van der Waals surface area contributed by atoms with E-state index in [0.717, 1.165) is 44.5 Å². The van der Waals surface area contributed by atoms with Crippen LogP contribution in [0.5, 0.6) is 0 Å². The molecule has 0 amide bonds. The quantitative estimate of drug-likeness (QED) is 0.290. The molecule has 156 valence electrons. The summed E-state index contributed by atoms with van der Waals surface area (Å²) < 4.78 is 0.500. The Kier molecular flexibility index (Phi) is 7.88. The number of terminal acetylenes is 1. The maximum atomic E-state index is 10.7. The van der Waals surface area contributed by atoms with E-state index in [0.29, 0.717) is 29.1 Å². The third-order valence-electron chi connectivity index (χ3n) is 5.50. The number of aliphatic hydroxyl groups excluding tert-OH is 1. The zero-order valence-electron chi connectivity index (χ0n) is 17.4. The van der Waals surface area contributed by atoms with E-state index in [2.05, 4.69) is 20.9 Å². The fourth-order valence-electron chi connectivity index (χ4n) is 3.73. The minimum atomic E-state index is -0.621. The number of allylic oxidation sites excluding steroid dienone is 2. The number of guanidine groups is 1. The largest absolute Gasteiger partial charge is 0.366 e. The number of hydrogen-bond donors (Lipinski definition) is 4. The Labute approximate surface area is 173 Å². The Balaban J connectivity index is 2.22. The Bertz CT molecular complexity index is 757. The molecule has 0 aliphatic carbocycles. The summed E-state index contributed by atoms with van der Waals surface area (Å²) in [5.74, 6) is 3.56. The Hall–Kier alpha value is -2.76. The van der Waals surface area contributed by atoms with Crippen molar-refractivity contribution in [3.05, 3.63) is 29.5 Å². The van der Waals surface area contributed by atoms with Crippen molar-refractivity contribution in [3.63, 3.8) is 0 Å². The summed E-state index contributed by atoms with van der Waals surface area (Å²) >= 11 is 0. The summed E-state index contributed by atoms with van der Waals surface area (Å²) in [7, 11) is 0. The lowest BCUT2D eigenvalue weighted by Crippen LogP contribution is -2.58. The average molecular weight is 400 g/mol. The average Bonchev–Trinajstić information content (AvgIpc) is 2.71. The maximum Gasteiger partial charge on any atom is 0.256 e. The van der Waals surface area contributed by atoms with Crippen LogP contribution >= 0.6 is 0 Å². The molecule has 2 rings (SSSR count). The normalized spacial score (nSPS) is 21.2. The number of piperidine rings is 1. The molecule has 0 spiro atoms. The van der Waals surface area contributed by atoms with E-state index >= 15 is 0 Å². The second kappa shape index (κ2) is 10.1. The zero-order chi connectivity index (χ0) is 21.4. The van der Waals surface area contributed by atoms with Crippen LogP contribution in [-0.4, -0.2) is 53.1 Å². The van der Waals surface area contributed by atoms with Crippen LogP contribution in [0.2, 0.25) is 0 Å². The molecule has 1 saturated heterocycles. The molecule has 7 N–H and O–H groups in total. The van der Waals surface area contributed by atoms with E-state index in [1.807, 2.05) is 26.0 Å². The number of rotatable bonds is 7. The summed E-state index contributed by atoms with van der Waals surface area (Å²) in [4.78, 5) is 12.8. The first kappa shape index (κ1) is 22.5. The van der Waals surface area contributed by atoms with Gasteiger partial charge in [0.25, 0.3) is 5.96 Å². The molecule has 8 nitrogen and oxygen atoms in total.